The minimum absolute atomic E-state index is 0.170. The van der Waals surface area contributed by atoms with Crippen LogP contribution in [0.4, 0.5) is 14.5 Å². The van der Waals surface area contributed by atoms with Crippen molar-refractivity contribution in [2.75, 3.05) is 31.1 Å². The van der Waals surface area contributed by atoms with E-state index in [2.05, 4.69) is 10.2 Å². The maximum absolute atomic E-state index is 13.9. The summed E-state index contributed by atoms with van der Waals surface area (Å²) in [6.45, 7) is 3.80. The normalized spacial score (nSPS) is 21.1. The second-order valence-electron chi connectivity index (χ2n) is 5.18. The summed E-state index contributed by atoms with van der Waals surface area (Å²) in [6.07, 6.45) is 1.32. The first-order valence-electron chi connectivity index (χ1n) is 6.62. The molecule has 0 spiro atoms. The van der Waals surface area contributed by atoms with Crippen LogP contribution in [0.1, 0.15) is 18.4 Å². The monoisotopic (exact) mass is 252 g/mol. The van der Waals surface area contributed by atoms with Gasteiger partial charge in [-0.15, -0.1) is 0 Å². The van der Waals surface area contributed by atoms with Crippen LogP contribution in [0.25, 0.3) is 0 Å². The number of benzene rings is 1. The Balaban J connectivity index is 1.75. The summed E-state index contributed by atoms with van der Waals surface area (Å²) in [5.41, 5.74) is 1.22. The molecular formula is C14H18F2N2. The third-order valence-corrected chi connectivity index (χ3v) is 3.82. The fraction of sp³-hybridized carbons (Fsp3) is 0.571. The first kappa shape index (κ1) is 11.9. The lowest BCUT2D eigenvalue weighted by molar-refractivity contribution is -0.0285. The molecule has 1 aromatic rings. The van der Waals surface area contributed by atoms with Gasteiger partial charge in [0, 0.05) is 43.3 Å². The average molecular weight is 252 g/mol. The first-order valence-corrected chi connectivity index (χ1v) is 6.62. The van der Waals surface area contributed by atoms with Crippen LogP contribution in [-0.4, -0.2) is 26.2 Å². The van der Waals surface area contributed by atoms with Crippen LogP contribution in [0.3, 0.4) is 0 Å². The molecule has 1 N–H and O–H groups in total. The lowest BCUT2D eigenvalue weighted by Gasteiger charge is -2.29. The van der Waals surface area contributed by atoms with E-state index in [-0.39, 0.29) is 5.56 Å². The summed E-state index contributed by atoms with van der Waals surface area (Å²) < 4.78 is 27.8. The molecule has 4 heteroatoms. The van der Waals surface area contributed by atoms with Gasteiger partial charge >= 0.3 is 0 Å². The number of alkyl halides is 2. The average Bonchev–Trinajstić information content (AvgIpc) is 3.25. The Bertz CT molecular complexity index is 406. The van der Waals surface area contributed by atoms with Gasteiger partial charge in [-0.1, -0.05) is 12.1 Å². The molecule has 18 heavy (non-hydrogen) atoms. The van der Waals surface area contributed by atoms with E-state index >= 15 is 0 Å². The van der Waals surface area contributed by atoms with Crippen LogP contribution in [0.15, 0.2) is 24.3 Å². The van der Waals surface area contributed by atoms with Crippen LogP contribution in [-0.2, 0) is 5.92 Å². The molecule has 2 aliphatic rings. The highest BCUT2D eigenvalue weighted by molar-refractivity contribution is 5.48. The number of hydrogen-bond donors (Lipinski definition) is 1. The van der Waals surface area contributed by atoms with Gasteiger partial charge in [-0.3, -0.25) is 0 Å². The van der Waals surface area contributed by atoms with Crippen molar-refractivity contribution in [1.82, 2.24) is 5.32 Å². The largest absolute Gasteiger partial charge is 0.369 e. The topological polar surface area (TPSA) is 15.3 Å². The molecule has 0 atom stereocenters. The molecule has 2 nitrogen and oxygen atoms in total. The quantitative estimate of drug-likeness (QED) is 0.889. The van der Waals surface area contributed by atoms with Gasteiger partial charge in [-0.25, -0.2) is 8.78 Å². The molecule has 1 aliphatic carbocycles. The molecular weight excluding hydrogens is 234 g/mol. The summed E-state index contributed by atoms with van der Waals surface area (Å²) in [5, 5.41) is 3.28. The van der Waals surface area contributed by atoms with E-state index in [0.29, 0.717) is 12.8 Å². The van der Waals surface area contributed by atoms with Crippen molar-refractivity contribution in [2.24, 2.45) is 5.92 Å². The predicted molar refractivity (Wildman–Crippen MR) is 68.1 cm³/mol. The Hall–Kier alpha value is -1.16. The van der Waals surface area contributed by atoms with Gasteiger partial charge in [-0.05, 0) is 25.0 Å². The predicted octanol–water partition coefficient (Wildman–Crippen LogP) is 2.60. The third kappa shape index (κ3) is 2.21. The fourth-order valence-electron chi connectivity index (χ4n) is 2.50. The van der Waals surface area contributed by atoms with E-state index in [0.717, 1.165) is 31.9 Å². The van der Waals surface area contributed by atoms with E-state index in [9.17, 15) is 8.78 Å². The molecule has 3 rings (SSSR count). The standard InChI is InChI=1S/C14H18F2N2/c15-14(16,11-1-2-11)12-3-5-13(6-4-12)18-9-7-17-8-10-18/h3-6,11,17H,1-2,7-10H2. The Morgan fingerprint density at radius 3 is 2.22 bits per heavy atom. The maximum Gasteiger partial charge on any atom is 0.276 e. The van der Waals surface area contributed by atoms with Crippen molar-refractivity contribution in [3.05, 3.63) is 29.8 Å². The maximum atomic E-state index is 13.9. The van der Waals surface area contributed by atoms with Crippen LogP contribution in [0, 0.1) is 5.92 Å². The van der Waals surface area contributed by atoms with Gasteiger partial charge in [0.2, 0.25) is 0 Å². The van der Waals surface area contributed by atoms with Crippen LogP contribution in [0.5, 0.6) is 0 Å². The SMILES string of the molecule is FC(F)(c1ccc(N2CCNCC2)cc1)C1CC1. The Labute approximate surface area is 106 Å². The zero-order chi connectivity index (χ0) is 12.6. The summed E-state index contributed by atoms with van der Waals surface area (Å²) in [7, 11) is 0. The molecule has 0 unspecified atom stereocenters. The van der Waals surface area contributed by atoms with Crippen molar-refractivity contribution in [3.63, 3.8) is 0 Å². The first-order chi connectivity index (χ1) is 8.68. The highest BCUT2D eigenvalue weighted by Gasteiger charge is 2.47. The fourth-order valence-corrected chi connectivity index (χ4v) is 2.50. The van der Waals surface area contributed by atoms with Crippen molar-refractivity contribution in [1.29, 1.82) is 0 Å². The van der Waals surface area contributed by atoms with Crippen LogP contribution in [0.2, 0.25) is 0 Å². The van der Waals surface area contributed by atoms with Gasteiger partial charge in [-0.2, -0.15) is 0 Å². The third-order valence-electron chi connectivity index (χ3n) is 3.82. The highest BCUT2D eigenvalue weighted by atomic mass is 19.3. The molecule has 1 aliphatic heterocycles. The minimum atomic E-state index is -2.64. The van der Waals surface area contributed by atoms with Gasteiger partial charge < -0.3 is 10.2 Å². The number of nitrogens with zero attached hydrogens (tertiary/aromatic N) is 1. The zero-order valence-electron chi connectivity index (χ0n) is 10.3. The van der Waals surface area contributed by atoms with Gasteiger partial charge in [0.05, 0.1) is 0 Å². The number of halogens is 2. The van der Waals surface area contributed by atoms with Crippen molar-refractivity contribution < 1.29 is 8.78 Å². The Morgan fingerprint density at radius 1 is 1.06 bits per heavy atom. The molecule has 98 valence electrons. The van der Waals surface area contributed by atoms with Gasteiger partial charge in [0.25, 0.3) is 5.92 Å². The molecule has 1 saturated heterocycles. The van der Waals surface area contributed by atoms with Gasteiger partial charge in [0.15, 0.2) is 0 Å². The summed E-state index contributed by atoms with van der Waals surface area (Å²) >= 11 is 0. The van der Waals surface area contributed by atoms with Gasteiger partial charge in [0.1, 0.15) is 0 Å². The van der Waals surface area contributed by atoms with E-state index in [1.807, 2.05) is 12.1 Å². The van der Waals surface area contributed by atoms with E-state index < -0.39 is 11.8 Å². The van der Waals surface area contributed by atoms with E-state index in [1.165, 1.54) is 0 Å². The Kier molecular flexibility index (Phi) is 2.98. The molecule has 0 aromatic heterocycles. The molecule has 0 amide bonds. The van der Waals surface area contributed by atoms with Crippen molar-refractivity contribution in [2.45, 2.75) is 18.8 Å². The van der Waals surface area contributed by atoms with Crippen molar-refractivity contribution in [3.8, 4) is 0 Å². The summed E-state index contributed by atoms with van der Waals surface area (Å²) in [4.78, 5) is 2.23. The van der Waals surface area contributed by atoms with E-state index in [4.69, 9.17) is 0 Å². The zero-order valence-corrected chi connectivity index (χ0v) is 10.3. The number of piperazine rings is 1. The molecule has 0 radical (unpaired) electrons. The number of rotatable bonds is 3. The number of hydrogen-bond acceptors (Lipinski definition) is 2. The molecule has 2 fully saturated rings. The smallest absolute Gasteiger partial charge is 0.276 e. The number of nitrogens with one attached hydrogen (secondary N) is 1. The van der Waals surface area contributed by atoms with Crippen molar-refractivity contribution >= 4 is 5.69 Å². The highest BCUT2D eigenvalue weighted by Crippen LogP contribution is 2.49. The van der Waals surface area contributed by atoms with Crippen LogP contribution < -0.4 is 10.2 Å². The minimum Gasteiger partial charge on any atom is -0.369 e. The van der Waals surface area contributed by atoms with E-state index in [1.54, 1.807) is 12.1 Å². The number of anilines is 1. The molecule has 1 saturated carbocycles. The summed E-state index contributed by atoms with van der Waals surface area (Å²) in [5.74, 6) is -3.07. The second kappa shape index (κ2) is 4.50. The lowest BCUT2D eigenvalue weighted by Crippen LogP contribution is -2.43. The summed E-state index contributed by atoms with van der Waals surface area (Å²) in [6, 6.07) is 6.85. The van der Waals surface area contributed by atoms with Crippen LogP contribution >= 0.6 is 0 Å². The molecule has 1 aromatic carbocycles. The molecule has 0 bridgehead atoms. The lowest BCUT2D eigenvalue weighted by atomic mass is 10.0. The molecule has 1 heterocycles. The Morgan fingerprint density at radius 2 is 1.67 bits per heavy atom. The second-order valence-corrected chi connectivity index (χ2v) is 5.18.